The van der Waals surface area contributed by atoms with Gasteiger partial charge in [0.1, 0.15) is 11.5 Å². The fourth-order valence-electron chi connectivity index (χ4n) is 2.38. The average molecular weight is 242 g/mol. The van der Waals surface area contributed by atoms with Crippen molar-refractivity contribution < 1.29 is 13.9 Å². The summed E-state index contributed by atoms with van der Waals surface area (Å²) in [6, 6.07) is 0. The lowest BCUT2D eigenvalue weighted by molar-refractivity contribution is 0.140. The van der Waals surface area contributed by atoms with Crippen molar-refractivity contribution in [2.24, 2.45) is 5.92 Å². The molecule has 0 radical (unpaired) electrons. The monoisotopic (exact) mass is 242 g/mol. The minimum Gasteiger partial charge on any atom is -0.392 e. The normalized spacial score (nSPS) is 24.5. The van der Waals surface area contributed by atoms with Gasteiger partial charge in [-0.2, -0.15) is 0 Å². The Morgan fingerprint density at radius 1 is 1.47 bits per heavy atom. The van der Waals surface area contributed by atoms with Crippen molar-refractivity contribution in [3.05, 3.63) is 23.3 Å². The lowest BCUT2D eigenvalue weighted by Crippen LogP contribution is -2.07. The molecule has 1 N–H and O–H groups in total. The minimum absolute atomic E-state index is 0.120. The molecule has 0 amide bonds. The quantitative estimate of drug-likeness (QED) is 0.886. The Labute approximate surface area is 98.9 Å². The van der Waals surface area contributed by atoms with Crippen LogP contribution in [0.1, 0.15) is 55.6 Å². The maximum absolute atomic E-state index is 12.8. The molecule has 2 atom stereocenters. The van der Waals surface area contributed by atoms with Gasteiger partial charge in [-0.15, -0.1) is 0 Å². The first kappa shape index (κ1) is 12.4. The summed E-state index contributed by atoms with van der Waals surface area (Å²) in [4.78, 5) is 8.04. The van der Waals surface area contributed by atoms with E-state index in [1.54, 1.807) is 0 Å². The van der Waals surface area contributed by atoms with Crippen LogP contribution in [0.15, 0.2) is 6.20 Å². The molecule has 0 saturated heterocycles. The molecule has 94 valence electrons. The number of rotatable bonds is 3. The molecule has 2 unspecified atom stereocenters. The first-order valence-electron chi connectivity index (χ1n) is 5.86. The predicted molar refractivity (Wildman–Crippen MR) is 58.7 cm³/mol. The van der Waals surface area contributed by atoms with E-state index >= 15 is 0 Å². The number of aliphatic hydroxyl groups is 1. The highest BCUT2D eigenvalue weighted by Crippen LogP contribution is 2.36. The van der Waals surface area contributed by atoms with Crippen molar-refractivity contribution in [3.8, 4) is 0 Å². The highest BCUT2D eigenvalue weighted by molar-refractivity contribution is 5.19. The fourth-order valence-corrected chi connectivity index (χ4v) is 2.38. The molecule has 1 aliphatic rings. The number of nitrogens with zero attached hydrogens (tertiary/aromatic N) is 2. The summed E-state index contributed by atoms with van der Waals surface area (Å²) in [7, 11) is 0. The Hall–Kier alpha value is -1.10. The van der Waals surface area contributed by atoms with E-state index in [1.807, 2.05) is 0 Å². The summed E-state index contributed by atoms with van der Waals surface area (Å²) >= 11 is 0. The average Bonchev–Trinajstić information content (AvgIpc) is 2.75. The van der Waals surface area contributed by atoms with Crippen LogP contribution in [0.5, 0.6) is 0 Å². The zero-order chi connectivity index (χ0) is 12.4. The van der Waals surface area contributed by atoms with Crippen molar-refractivity contribution >= 4 is 0 Å². The second-order valence-corrected chi connectivity index (χ2v) is 4.71. The van der Waals surface area contributed by atoms with Gasteiger partial charge in [0.05, 0.1) is 6.61 Å². The molecule has 0 bridgehead atoms. The first-order chi connectivity index (χ1) is 8.11. The van der Waals surface area contributed by atoms with Crippen LogP contribution in [0, 0.1) is 5.92 Å². The van der Waals surface area contributed by atoms with Gasteiger partial charge in [-0.1, -0.05) is 6.92 Å². The number of alkyl halides is 2. The Morgan fingerprint density at radius 3 is 2.76 bits per heavy atom. The molecule has 5 heteroatoms. The number of hydrogen-bond acceptors (Lipinski definition) is 3. The van der Waals surface area contributed by atoms with E-state index in [0.717, 1.165) is 19.3 Å². The lowest BCUT2D eigenvalue weighted by Gasteiger charge is -2.11. The molecule has 2 rings (SSSR count). The number of hydrogen-bond donors (Lipinski definition) is 1. The van der Waals surface area contributed by atoms with Crippen LogP contribution in [-0.4, -0.2) is 15.1 Å². The largest absolute Gasteiger partial charge is 0.392 e. The van der Waals surface area contributed by atoms with E-state index in [9.17, 15) is 8.78 Å². The Kier molecular flexibility index (Phi) is 3.66. The minimum atomic E-state index is -2.65. The molecular weight excluding hydrogens is 226 g/mol. The third-order valence-corrected chi connectivity index (χ3v) is 3.35. The molecule has 1 aromatic heterocycles. The highest BCUT2D eigenvalue weighted by Gasteiger charge is 2.26. The van der Waals surface area contributed by atoms with Crippen LogP contribution in [0.3, 0.4) is 0 Å². The van der Waals surface area contributed by atoms with Crippen LogP contribution < -0.4 is 0 Å². The summed E-state index contributed by atoms with van der Waals surface area (Å²) < 4.78 is 25.5. The van der Waals surface area contributed by atoms with E-state index in [2.05, 4.69) is 16.9 Å². The van der Waals surface area contributed by atoms with E-state index in [1.165, 1.54) is 6.20 Å². The molecule has 0 aromatic carbocycles. The van der Waals surface area contributed by atoms with Crippen molar-refractivity contribution in [3.63, 3.8) is 0 Å². The molecule has 0 aliphatic heterocycles. The zero-order valence-corrected chi connectivity index (χ0v) is 9.74. The van der Waals surface area contributed by atoms with Gasteiger partial charge in [-0.25, -0.2) is 18.7 Å². The third-order valence-electron chi connectivity index (χ3n) is 3.35. The van der Waals surface area contributed by atoms with Gasteiger partial charge in [-0.3, -0.25) is 0 Å². The summed E-state index contributed by atoms with van der Waals surface area (Å²) in [6.45, 7) is 1.71. The number of aliphatic hydroxyl groups excluding tert-OH is 1. The summed E-state index contributed by atoms with van der Waals surface area (Å²) in [6.07, 6.45) is 1.69. The van der Waals surface area contributed by atoms with Gasteiger partial charge in [0.25, 0.3) is 6.43 Å². The Bertz CT molecular complexity index is 398. The molecule has 3 nitrogen and oxygen atoms in total. The molecule has 1 saturated carbocycles. The molecule has 1 aliphatic carbocycles. The molecular formula is C12H16F2N2O. The van der Waals surface area contributed by atoms with E-state index in [0.29, 0.717) is 11.7 Å². The van der Waals surface area contributed by atoms with Crippen molar-refractivity contribution in [1.82, 2.24) is 9.97 Å². The molecule has 1 aromatic rings. The summed E-state index contributed by atoms with van der Waals surface area (Å²) in [5.74, 6) is 1.30. The van der Waals surface area contributed by atoms with Crippen LogP contribution in [0.2, 0.25) is 0 Å². The van der Waals surface area contributed by atoms with Gasteiger partial charge < -0.3 is 5.11 Å². The van der Waals surface area contributed by atoms with Crippen LogP contribution in [-0.2, 0) is 6.61 Å². The number of aromatic nitrogens is 2. The maximum atomic E-state index is 12.8. The Morgan fingerprint density at radius 2 is 2.24 bits per heavy atom. The smallest absolute Gasteiger partial charge is 0.280 e. The van der Waals surface area contributed by atoms with Crippen molar-refractivity contribution in [2.45, 2.75) is 45.1 Å². The molecule has 1 heterocycles. The second kappa shape index (κ2) is 5.04. The van der Waals surface area contributed by atoms with Crippen LogP contribution in [0.4, 0.5) is 8.78 Å². The first-order valence-corrected chi connectivity index (χ1v) is 5.86. The van der Waals surface area contributed by atoms with Gasteiger partial charge in [0, 0.05) is 17.7 Å². The predicted octanol–water partition coefficient (Wildman–Crippen LogP) is 2.81. The molecule has 1 fully saturated rings. The van der Waals surface area contributed by atoms with Gasteiger partial charge in [0.15, 0.2) is 0 Å². The summed E-state index contributed by atoms with van der Waals surface area (Å²) in [5.41, 5.74) is -0.202. The zero-order valence-electron chi connectivity index (χ0n) is 9.74. The van der Waals surface area contributed by atoms with Gasteiger partial charge >= 0.3 is 0 Å². The van der Waals surface area contributed by atoms with Crippen molar-refractivity contribution in [1.29, 1.82) is 0 Å². The summed E-state index contributed by atoms with van der Waals surface area (Å²) in [5, 5.41) is 8.95. The maximum Gasteiger partial charge on any atom is 0.280 e. The Balaban J connectivity index is 2.27. The molecule has 0 spiro atoms. The van der Waals surface area contributed by atoms with Crippen LogP contribution >= 0.6 is 0 Å². The van der Waals surface area contributed by atoms with E-state index in [4.69, 9.17) is 5.11 Å². The second-order valence-electron chi connectivity index (χ2n) is 4.71. The SMILES string of the molecule is CC1CCC(c2ncc(CO)c(C(F)F)n2)C1. The fraction of sp³-hybridized carbons (Fsp3) is 0.667. The van der Waals surface area contributed by atoms with Gasteiger partial charge in [-0.05, 0) is 25.2 Å². The highest BCUT2D eigenvalue weighted by atomic mass is 19.3. The van der Waals surface area contributed by atoms with Crippen molar-refractivity contribution in [2.75, 3.05) is 0 Å². The number of halogens is 2. The molecule has 17 heavy (non-hydrogen) atoms. The standard InChI is InChI=1S/C12H16F2N2O/c1-7-2-3-8(4-7)12-15-5-9(6-17)10(16-12)11(13)14/h5,7-8,11,17H,2-4,6H2,1H3. The van der Waals surface area contributed by atoms with Gasteiger partial charge in [0.2, 0.25) is 0 Å². The third kappa shape index (κ3) is 2.60. The lowest BCUT2D eigenvalue weighted by atomic mass is 10.1. The van der Waals surface area contributed by atoms with E-state index in [-0.39, 0.29) is 17.2 Å². The van der Waals surface area contributed by atoms with E-state index < -0.39 is 13.0 Å². The van der Waals surface area contributed by atoms with Crippen LogP contribution in [0.25, 0.3) is 0 Å². The topological polar surface area (TPSA) is 46.0 Å².